The summed E-state index contributed by atoms with van der Waals surface area (Å²) < 4.78 is 11.0. The van der Waals surface area contributed by atoms with Crippen molar-refractivity contribution in [1.82, 2.24) is 0 Å². The number of benzene rings is 1. The van der Waals surface area contributed by atoms with Crippen LogP contribution in [0.1, 0.15) is 38.0 Å². The predicted molar refractivity (Wildman–Crippen MR) is 107 cm³/mol. The van der Waals surface area contributed by atoms with Gasteiger partial charge in [-0.3, -0.25) is 0 Å². The molecular formula is C21H29ClO6. The lowest BCUT2D eigenvalue weighted by Crippen LogP contribution is -2.55. The zero-order valence-electron chi connectivity index (χ0n) is 16.4. The van der Waals surface area contributed by atoms with Crippen molar-refractivity contribution >= 4 is 11.6 Å². The van der Waals surface area contributed by atoms with Crippen molar-refractivity contribution in [1.29, 1.82) is 0 Å². The maximum absolute atomic E-state index is 10.3. The number of hydrogen-bond donors (Lipinski definition) is 4. The van der Waals surface area contributed by atoms with Gasteiger partial charge in [0, 0.05) is 5.02 Å². The molecule has 1 aliphatic heterocycles. The Bertz CT molecular complexity index is 715. The van der Waals surface area contributed by atoms with Gasteiger partial charge >= 0.3 is 0 Å². The first-order valence-corrected chi connectivity index (χ1v) is 9.72. The van der Waals surface area contributed by atoms with Crippen molar-refractivity contribution in [3.63, 3.8) is 0 Å². The molecular weight excluding hydrogens is 384 g/mol. The summed E-state index contributed by atoms with van der Waals surface area (Å²) in [5.74, 6) is 0.822. The van der Waals surface area contributed by atoms with Gasteiger partial charge in [0.1, 0.15) is 30.5 Å². The second-order valence-corrected chi connectivity index (χ2v) is 7.41. The molecule has 28 heavy (non-hydrogen) atoms. The normalized spacial score (nSPS) is 29.1. The average molecular weight is 413 g/mol. The summed E-state index contributed by atoms with van der Waals surface area (Å²) >= 11 is 6.34. The van der Waals surface area contributed by atoms with Crippen LogP contribution in [0.15, 0.2) is 41.7 Å². The SMILES string of the molecule is CCO/C(C)=C/C=C(\C)Cc1cc([C@@H]2O[C@H](CO)[C@@H](O)[C@H](O)[C@H]2O)ccc1Cl. The molecule has 0 amide bonds. The molecule has 1 heterocycles. The average Bonchev–Trinajstić information content (AvgIpc) is 2.67. The Kier molecular flexibility index (Phi) is 8.49. The molecule has 0 bridgehead atoms. The van der Waals surface area contributed by atoms with E-state index in [-0.39, 0.29) is 0 Å². The summed E-state index contributed by atoms with van der Waals surface area (Å²) in [5, 5.41) is 40.2. The van der Waals surface area contributed by atoms with E-state index >= 15 is 0 Å². The molecule has 1 aromatic carbocycles. The predicted octanol–water partition coefficient (Wildman–Crippen LogP) is 2.28. The third kappa shape index (κ3) is 5.56. The molecule has 6 nitrogen and oxygen atoms in total. The first kappa shape index (κ1) is 22.9. The highest BCUT2D eigenvalue weighted by molar-refractivity contribution is 6.31. The number of aliphatic hydroxyl groups is 4. The standard InChI is InChI=1S/C21H29ClO6/c1-4-27-13(3)6-5-12(2)9-15-10-14(7-8-16(15)22)21-20(26)19(25)18(24)17(11-23)28-21/h5-8,10,17-21,23-26H,4,9,11H2,1-3H3/b12-5+,13-6+/t17-,18-,19+,20-,21+/m1/s1. The second kappa shape index (κ2) is 10.4. The van der Waals surface area contributed by atoms with Crippen LogP contribution in [-0.4, -0.2) is 58.1 Å². The summed E-state index contributed by atoms with van der Waals surface area (Å²) in [6.07, 6.45) is -1.50. The Morgan fingerprint density at radius 3 is 2.50 bits per heavy atom. The maximum Gasteiger partial charge on any atom is 0.113 e. The molecule has 1 fully saturated rings. The maximum atomic E-state index is 10.3. The van der Waals surface area contributed by atoms with Gasteiger partial charge in [-0.2, -0.15) is 0 Å². The molecule has 7 heteroatoms. The van der Waals surface area contributed by atoms with E-state index in [2.05, 4.69) is 0 Å². The lowest BCUT2D eigenvalue weighted by Gasteiger charge is -2.40. The topological polar surface area (TPSA) is 99.4 Å². The Morgan fingerprint density at radius 2 is 1.86 bits per heavy atom. The van der Waals surface area contributed by atoms with E-state index in [0.717, 1.165) is 16.9 Å². The molecule has 1 aliphatic rings. The summed E-state index contributed by atoms with van der Waals surface area (Å²) in [6, 6.07) is 5.23. The monoisotopic (exact) mass is 412 g/mol. The van der Waals surface area contributed by atoms with Crippen LogP contribution >= 0.6 is 11.6 Å². The molecule has 156 valence electrons. The van der Waals surface area contributed by atoms with Gasteiger partial charge in [-0.25, -0.2) is 0 Å². The number of halogens is 1. The van der Waals surface area contributed by atoms with Crippen LogP contribution in [-0.2, 0) is 15.9 Å². The van der Waals surface area contributed by atoms with Gasteiger partial charge in [0.15, 0.2) is 0 Å². The third-order valence-electron chi connectivity index (χ3n) is 4.73. The van der Waals surface area contributed by atoms with Gasteiger partial charge in [0.25, 0.3) is 0 Å². The minimum Gasteiger partial charge on any atom is -0.499 e. The van der Waals surface area contributed by atoms with Crippen LogP contribution in [0.4, 0.5) is 0 Å². The first-order valence-electron chi connectivity index (χ1n) is 9.34. The zero-order chi connectivity index (χ0) is 20.8. The van der Waals surface area contributed by atoms with Crippen LogP contribution in [0.5, 0.6) is 0 Å². The smallest absolute Gasteiger partial charge is 0.113 e. The lowest BCUT2D eigenvalue weighted by molar-refractivity contribution is -0.231. The Labute approximate surface area is 170 Å². The molecule has 4 N–H and O–H groups in total. The summed E-state index contributed by atoms with van der Waals surface area (Å²) in [4.78, 5) is 0. The van der Waals surface area contributed by atoms with Crippen LogP contribution < -0.4 is 0 Å². The van der Waals surface area contributed by atoms with E-state index < -0.39 is 37.1 Å². The van der Waals surface area contributed by atoms with Crippen molar-refractivity contribution < 1.29 is 29.9 Å². The Morgan fingerprint density at radius 1 is 1.14 bits per heavy atom. The molecule has 0 radical (unpaired) electrons. The third-order valence-corrected chi connectivity index (χ3v) is 5.10. The second-order valence-electron chi connectivity index (χ2n) is 7.00. The van der Waals surface area contributed by atoms with Gasteiger partial charge in [0.2, 0.25) is 0 Å². The zero-order valence-corrected chi connectivity index (χ0v) is 17.1. The molecule has 0 aromatic heterocycles. The minimum atomic E-state index is -1.41. The van der Waals surface area contributed by atoms with E-state index in [9.17, 15) is 20.4 Å². The first-order chi connectivity index (χ1) is 13.3. The fraction of sp³-hybridized carbons (Fsp3) is 0.524. The summed E-state index contributed by atoms with van der Waals surface area (Å²) in [7, 11) is 0. The van der Waals surface area contributed by atoms with Crippen LogP contribution in [0.3, 0.4) is 0 Å². The summed E-state index contributed by atoms with van der Waals surface area (Å²) in [5.41, 5.74) is 2.52. The number of allylic oxidation sites excluding steroid dienone is 4. The van der Waals surface area contributed by atoms with Crippen molar-refractivity contribution in [3.8, 4) is 0 Å². The Hall–Kier alpha value is -1.41. The molecule has 5 atom stereocenters. The van der Waals surface area contributed by atoms with Crippen LogP contribution in [0, 0.1) is 0 Å². The highest BCUT2D eigenvalue weighted by Gasteiger charge is 2.43. The molecule has 0 saturated carbocycles. The van der Waals surface area contributed by atoms with E-state index in [1.54, 1.807) is 12.1 Å². The number of rotatable bonds is 7. The molecule has 2 rings (SSSR count). The van der Waals surface area contributed by atoms with Gasteiger partial charge in [-0.15, -0.1) is 0 Å². The number of aliphatic hydroxyl groups excluding tert-OH is 4. The van der Waals surface area contributed by atoms with Crippen LogP contribution in [0.2, 0.25) is 5.02 Å². The molecule has 0 aliphatic carbocycles. The molecule has 0 unspecified atom stereocenters. The quantitative estimate of drug-likeness (QED) is 0.405. The van der Waals surface area contributed by atoms with Gasteiger partial charge in [0.05, 0.1) is 19.0 Å². The van der Waals surface area contributed by atoms with E-state index in [1.807, 2.05) is 39.0 Å². The highest BCUT2D eigenvalue weighted by Crippen LogP contribution is 2.34. The van der Waals surface area contributed by atoms with E-state index in [4.69, 9.17) is 21.1 Å². The minimum absolute atomic E-state index is 0.463. The number of hydrogen-bond acceptors (Lipinski definition) is 6. The molecule has 0 spiro atoms. The summed E-state index contributed by atoms with van der Waals surface area (Å²) in [6.45, 7) is 5.95. The van der Waals surface area contributed by atoms with E-state index in [1.165, 1.54) is 0 Å². The van der Waals surface area contributed by atoms with E-state index in [0.29, 0.717) is 23.6 Å². The van der Waals surface area contributed by atoms with Crippen molar-refractivity contribution in [2.45, 2.75) is 57.7 Å². The highest BCUT2D eigenvalue weighted by atomic mass is 35.5. The van der Waals surface area contributed by atoms with Gasteiger partial charge in [-0.1, -0.05) is 35.4 Å². The largest absolute Gasteiger partial charge is 0.499 e. The fourth-order valence-electron chi connectivity index (χ4n) is 3.18. The van der Waals surface area contributed by atoms with Crippen molar-refractivity contribution in [3.05, 3.63) is 57.8 Å². The molecule has 1 saturated heterocycles. The van der Waals surface area contributed by atoms with Gasteiger partial charge in [-0.05, 0) is 50.5 Å². The fourth-order valence-corrected chi connectivity index (χ4v) is 3.36. The van der Waals surface area contributed by atoms with Crippen molar-refractivity contribution in [2.75, 3.05) is 13.2 Å². The van der Waals surface area contributed by atoms with Crippen LogP contribution in [0.25, 0.3) is 0 Å². The number of ether oxygens (including phenoxy) is 2. The van der Waals surface area contributed by atoms with Crippen molar-refractivity contribution in [2.24, 2.45) is 0 Å². The van der Waals surface area contributed by atoms with Gasteiger partial charge < -0.3 is 29.9 Å². The Balaban J connectivity index is 2.23. The lowest BCUT2D eigenvalue weighted by atomic mass is 9.90. The molecule has 1 aromatic rings.